The number of carboxylic acid groups (broad SMARTS) is 1. The topological polar surface area (TPSA) is 78.4 Å². The summed E-state index contributed by atoms with van der Waals surface area (Å²) in [6.45, 7) is 6.32. The number of unbranched alkanes of at least 4 members (excludes halogenated alkanes) is 1. The quantitative estimate of drug-likeness (QED) is 0.581. The molecule has 0 aromatic rings. The molecule has 0 heterocycles. The molecule has 0 rings (SSSR count). The lowest BCUT2D eigenvalue weighted by molar-refractivity contribution is -0.140. The highest BCUT2D eigenvalue weighted by atomic mass is 16.4. The van der Waals surface area contributed by atoms with E-state index in [-0.39, 0.29) is 5.92 Å². The van der Waals surface area contributed by atoms with E-state index >= 15 is 0 Å². The Morgan fingerprint density at radius 2 is 1.94 bits per heavy atom. The number of carbonyl (C=O) groups is 2. The second kappa shape index (κ2) is 7.96. The fourth-order valence-corrected chi connectivity index (χ4v) is 1.25. The smallest absolute Gasteiger partial charge is 0.326 e. The molecule has 5 nitrogen and oxygen atoms in total. The van der Waals surface area contributed by atoms with Gasteiger partial charge in [0.2, 0.25) is 0 Å². The Kier molecular flexibility index (Phi) is 7.33. The van der Waals surface area contributed by atoms with Crippen LogP contribution in [0, 0.1) is 5.92 Å². The Morgan fingerprint density at radius 3 is 2.38 bits per heavy atom. The van der Waals surface area contributed by atoms with E-state index in [0.717, 1.165) is 12.8 Å². The van der Waals surface area contributed by atoms with Gasteiger partial charge in [0.05, 0.1) is 0 Å². The maximum atomic E-state index is 11.4. The van der Waals surface area contributed by atoms with Gasteiger partial charge in [-0.15, -0.1) is 0 Å². The van der Waals surface area contributed by atoms with E-state index in [1.54, 1.807) is 0 Å². The molecule has 94 valence electrons. The van der Waals surface area contributed by atoms with Crippen LogP contribution in [0.25, 0.3) is 0 Å². The predicted octanol–water partition coefficient (Wildman–Crippen LogP) is 1.58. The molecule has 0 saturated heterocycles. The summed E-state index contributed by atoms with van der Waals surface area (Å²) in [7, 11) is 0. The van der Waals surface area contributed by atoms with Crippen molar-refractivity contribution < 1.29 is 14.7 Å². The molecule has 0 aromatic carbocycles. The summed E-state index contributed by atoms with van der Waals surface area (Å²) < 4.78 is 0. The molecule has 0 radical (unpaired) electrons. The zero-order chi connectivity index (χ0) is 12.6. The molecule has 0 aliphatic carbocycles. The molecule has 0 unspecified atom stereocenters. The van der Waals surface area contributed by atoms with Crippen LogP contribution in [0.2, 0.25) is 0 Å². The summed E-state index contributed by atoms with van der Waals surface area (Å²) in [5.74, 6) is -1.06. The van der Waals surface area contributed by atoms with E-state index in [9.17, 15) is 9.59 Å². The van der Waals surface area contributed by atoms with Crippen molar-refractivity contribution in [3.63, 3.8) is 0 Å². The lowest BCUT2D eigenvalue weighted by atomic mass is 9.99. The van der Waals surface area contributed by atoms with Crippen molar-refractivity contribution in [3.05, 3.63) is 0 Å². The Morgan fingerprint density at radius 1 is 1.31 bits per heavy atom. The number of rotatable bonds is 7. The SMILES string of the molecule is CCCCNC(=O)N[C@H](C(=O)O)[C@@H](C)CC. The molecule has 2 atom stereocenters. The third-order valence-electron chi connectivity index (χ3n) is 2.58. The van der Waals surface area contributed by atoms with Crippen molar-refractivity contribution in [2.75, 3.05) is 6.54 Å². The van der Waals surface area contributed by atoms with Gasteiger partial charge in [-0.3, -0.25) is 0 Å². The van der Waals surface area contributed by atoms with Gasteiger partial charge in [-0.1, -0.05) is 33.6 Å². The summed E-state index contributed by atoms with van der Waals surface area (Å²) in [6, 6.07) is -1.22. The third-order valence-corrected chi connectivity index (χ3v) is 2.58. The summed E-state index contributed by atoms with van der Waals surface area (Å²) >= 11 is 0. The molecule has 5 heteroatoms. The molecule has 3 N–H and O–H groups in total. The van der Waals surface area contributed by atoms with Gasteiger partial charge in [0, 0.05) is 6.54 Å². The summed E-state index contributed by atoms with van der Waals surface area (Å²) in [5.41, 5.74) is 0. The van der Waals surface area contributed by atoms with Crippen LogP contribution in [0.5, 0.6) is 0 Å². The van der Waals surface area contributed by atoms with Crippen LogP contribution in [0.4, 0.5) is 4.79 Å². The number of carbonyl (C=O) groups excluding carboxylic acids is 1. The minimum absolute atomic E-state index is 0.0746. The standard InChI is InChI=1S/C11H22N2O3/c1-4-6-7-12-11(16)13-9(10(14)15)8(3)5-2/h8-9H,4-7H2,1-3H3,(H,14,15)(H2,12,13,16)/t8-,9-/m0/s1. The number of hydrogen-bond acceptors (Lipinski definition) is 2. The number of aliphatic carboxylic acids is 1. The Labute approximate surface area is 96.6 Å². The van der Waals surface area contributed by atoms with Crippen LogP contribution in [0.15, 0.2) is 0 Å². The maximum absolute atomic E-state index is 11.4. The first-order chi connectivity index (χ1) is 7.52. The second-order valence-electron chi connectivity index (χ2n) is 3.96. The van der Waals surface area contributed by atoms with Crippen molar-refractivity contribution in [3.8, 4) is 0 Å². The van der Waals surface area contributed by atoms with E-state index < -0.39 is 18.0 Å². The summed E-state index contributed by atoms with van der Waals surface area (Å²) in [5, 5.41) is 14.1. The number of hydrogen-bond donors (Lipinski definition) is 3. The van der Waals surface area contributed by atoms with Crippen molar-refractivity contribution in [1.82, 2.24) is 10.6 Å². The van der Waals surface area contributed by atoms with Gasteiger partial charge in [-0.2, -0.15) is 0 Å². The highest BCUT2D eigenvalue weighted by Gasteiger charge is 2.24. The van der Waals surface area contributed by atoms with E-state index in [4.69, 9.17) is 5.11 Å². The molecule has 0 saturated carbocycles. The molecule has 0 fully saturated rings. The zero-order valence-corrected chi connectivity index (χ0v) is 10.2. The van der Waals surface area contributed by atoms with Gasteiger partial charge in [0.1, 0.15) is 6.04 Å². The van der Waals surface area contributed by atoms with Crippen molar-refractivity contribution in [2.45, 2.75) is 46.1 Å². The first-order valence-corrected chi connectivity index (χ1v) is 5.80. The predicted molar refractivity (Wildman–Crippen MR) is 62.3 cm³/mol. The molecule has 0 aliphatic rings. The van der Waals surface area contributed by atoms with Crippen LogP contribution >= 0.6 is 0 Å². The minimum atomic E-state index is -0.986. The maximum Gasteiger partial charge on any atom is 0.326 e. The first kappa shape index (κ1) is 14.7. The Hall–Kier alpha value is -1.26. The molecule has 16 heavy (non-hydrogen) atoms. The van der Waals surface area contributed by atoms with E-state index in [2.05, 4.69) is 10.6 Å². The molecular formula is C11H22N2O3. The lowest BCUT2D eigenvalue weighted by Gasteiger charge is -2.20. The summed E-state index contributed by atoms with van der Waals surface area (Å²) in [6.07, 6.45) is 2.61. The fourth-order valence-electron chi connectivity index (χ4n) is 1.25. The van der Waals surface area contributed by atoms with Crippen LogP contribution in [-0.2, 0) is 4.79 Å². The van der Waals surface area contributed by atoms with E-state index in [0.29, 0.717) is 13.0 Å². The Bertz CT molecular complexity index is 231. The minimum Gasteiger partial charge on any atom is -0.480 e. The van der Waals surface area contributed by atoms with Gasteiger partial charge >= 0.3 is 12.0 Å². The van der Waals surface area contributed by atoms with E-state index in [1.165, 1.54) is 0 Å². The van der Waals surface area contributed by atoms with Gasteiger partial charge in [-0.05, 0) is 12.3 Å². The highest BCUT2D eigenvalue weighted by molar-refractivity contribution is 5.82. The average Bonchev–Trinajstić information content (AvgIpc) is 2.25. The van der Waals surface area contributed by atoms with Gasteiger partial charge in [-0.25, -0.2) is 9.59 Å². The second-order valence-corrected chi connectivity index (χ2v) is 3.96. The molecular weight excluding hydrogens is 208 g/mol. The largest absolute Gasteiger partial charge is 0.480 e. The molecule has 2 amide bonds. The van der Waals surface area contributed by atoms with Crippen molar-refractivity contribution >= 4 is 12.0 Å². The summed E-state index contributed by atoms with van der Waals surface area (Å²) in [4.78, 5) is 22.3. The highest BCUT2D eigenvalue weighted by Crippen LogP contribution is 2.07. The number of amides is 2. The normalized spacial score (nSPS) is 13.9. The molecule has 0 aliphatic heterocycles. The Balaban J connectivity index is 4.09. The number of nitrogens with one attached hydrogen (secondary N) is 2. The number of carboxylic acids is 1. The van der Waals surface area contributed by atoms with E-state index in [1.807, 2.05) is 20.8 Å². The number of urea groups is 1. The van der Waals surface area contributed by atoms with Crippen LogP contribution in [0.3, 0.4) is 0 Å². The van der Waals surface area contributed by atoms with Crippen LogP contribution in [-0.4, -0.2) is 29.7 Å². The fraction of sp³-hybridized carbons (Fsp3) is 0.818. The van der Waals surface area contributed by atoms with Gasteiger partial charge in [0.15, 0.2) is 0 Å². The molecule has 0 spiro atoms. The lowest BCUT2D eigenvalue weighted by Crippen LogP contribution is -2.49. The van der Waals surface area contributed by atoms with Crippen molar-refractivity contribution in [1.29, 1.82) is 0 Å². The van der Waals surface area contributed by atoms with Crippen LogP contribution < -0.4 is 10.6 Å². The average molecular weight is 230 g/mol. The van der Waals surface area contributed by atoms with Gasteiger partial charge < -0.3 is 15.7 Å². The van der Waals surface area contributed by atoms with Crippen LogP contribution in [0.1, 0.15) is 40.0 Å². The monoisotopic (exact) mass is 230 g/mol. The molecule has 0 bridgehead atoms. The first-order valence-electron chi connectivity index (χ1n) is 5.80. The van der Waals surface area contributed by atoms with Gasteiger partial charge in [0.25, 0.3) is 0 Å². The van der Waals surface area contributed by atoms with Crippen molar-refractivity contribution in [2.24, 2.45) is 5.92 Å². The third kappa shape index (κ3) is 5.58. The molecule has 0 aromatic heterocycles. The zero-order valence-electron chi connectivity index (χ0n) is 10.2.